The Hall–Kier alpha value is -3.24. The molecule has 1 aromatic heterocycles. The Morgan fingerprint density at radius 3 is 2.59 bits per heavy atom. The van der Waals surface area contributed by atoms with Gasteiger partial charge in [0.25, 0.3) is 5.91 Å². The minimum absolute atomic E-state index is 0.00714. The molecule has 1 N–H and O–H groups in total. The third-order valence-corrected chi connectivity index (χ3v) is 7.01. The zero-order valence-electron chi connectivity index (χ0n) is 17.0. The number of thioether (sulfide) groups is 1. The lowest BCUT2D eigenvalue weighted by molar-refractivity contribution is -0.114. The summed E-state index contributed by atoms with van der Waals surface area (Å²) in [5, 5.41) is 17.5. The number of esters is 1. The molecule has 2 aromatic rings. The summed E-state index contributed by atoms with van der Waals surface area (Å²) in [5.74, 6) is -0.460. The van der Waals surface area contributed by atoms with E-state index in [1.807, 2.05) is 5.38 Å². The standard InChI is InChI=1S/C22H19N5O3S2/c23-18-16(13-14-6-8-15(9-7-14)30-20(29)17-5-4-12-31-17)19(28)24-21-27(18)25-22(32-21)26-10-2-1-3-11-26/h4-9,12-13,23H,1-3,10-11H2/b16-13+,23-18?. The fraction of sp³-hybridized carbons (Fsp3) is 0.227. The number of ether oxygens (including phenoxy) is 1. The van der Waals surface area contributed by atoms with Crippen molar-refractivity contribution in [2.24, 2.45) is 10.1 Å². The highest BCUT2D eigenvalue weighted by Gasteiger charge is 2.37. The monoisotopic (exact) mass is 465 g/mol. The molecule has 1 amide bonds. The van der Waals surface area contributed by atoms with Gasteiger partial charge in [0.05, 0.1) is 5.57 Å². The molecule has 4 heterocycles. The lowest BCUT2D eigenvalue weighted by Gasteiger charge is -2.26. The summed E-state index contributed by atoms with van der Waals surface area (Å²) in [7, 11) is 0. The lowest BCUT2D eigenvalue weighted by atomic mass is 10.1. The molecular weight excluding hydrogens is 446 g/mol. The predicted octanol–water partition coefficient (Wildman–Crippen LogP) is 4.03. The number of aliphatic imine (C=N–C) groups is 1. The largest absolute Gasteiger partial charge is 0.422 e. The van der Waals surface area contributed by atoms with Gasteiger partial charge in [-0.25, -0.2) is 4.79 Å². The highest BCUT2D eigenvalue weighted by Crippen LogP contribution is 2.30. The molecule has 3 aliphatic rings. The maximum atomic E-state index is 12.6. The molecule has 8 nitrogen and oxygen atoms in total. The van der Waals surface area contributed by atoms with Crippen LogP contribution in [0.15, 0.2) is 57.4 Å². The van der Waals surface area contributed by atoms with Crippen LogP contribution in [0.4, 0.5) is 0 Å². The van der Waals surface area contributed by atoms with E-state index in [1.54, 1.807) is 42.5 Å². The van der Waals surface area contributed by atoms with Gasteiger partial charge in [0, 0.05) is 13.1 Å². The van der Waals surface area contributed by atoms with Crippen molar-refractivity contribution in [3.63, 3.8) is 0 Å². The van der Waals surface area contributed by atoms with E-state index in [1.165, 1.54) is 34.5 Å². The Balaban J connectivity index is 1.32. The van der Waals surface area contributed by atoms with Crippen LogP contribution in [-0.2, 0) is 4.79 Å². The number of likely N-dealkylation sites (tertiary alicyclic amines) is 1. The van der Waals surface area contributed by atoms with Crippen molar-refractivity contribution >= 4 is 57.2 Å². The topological polar surface area (TPSA) is 98.4 Å². The Bertz CT molecular complexity index is 1160. The molecule has 0 bridgehead atoms. The van der Waals surface area contributed by atoms with Gasteiger partial charge in [0.2, 0.25) is 5.17 Å². The van der Waals surface area contributed by atoms with Crippen molar-refractivity contribution in [2.45, 2.75) is 19.3 Å². The van der Waals surface area contributed by atoms with E-state index >= 15 is 0 Å². The molecule has 1 fully saturated rings. The normalized spacial score (nSPS) is 19.7. The first-order valence-electron chi connectivity index (χ1n) is 10.2. The zero-order valence-corrected chi connectivity index (χ0v) is 18.6. The van der Waals surface area contributed by atoms with Crippen LogP contribution < -0.4 is 4.74 Å². The van der Waals surface area contributed by atoms with E-state index < -0.39 is 11.9 Å². The van der Waals surface area contributed by atoms with Gasteiger partial charge in [-0.3, -0.25) is 10.2 Å². The van der Waals surface area contributed by atoms with Crippen molar-refractivity contribution < 1.29 is 14.3 Å². The van der Waals surface area contributed by atoms with Crippen LogP contribution in [0.3, 0.4) is 0 Å². The van der Waals surface area contributed by atoms with Crippen molar-refractivity contribution in [3.05, 3.63) is 57.8 Å². The number of piperidine rings is 1. The molecule has 32 heavy (non-hydrogen) atoms. The van der Waals surface area contributed by atoms with Gasteiger partial charge in [-0.05, 0) is 66.2 Å². The molecule has 162 valence electrons. The number of hydrogen-bond acceptors (Lipinski definition) is 8. The number of carbonyl (C=O) groups excluding carboxylic acids is 2. The van der Waals surface area contributed by atoms with Gasteiger partial charge in [-0.15, -0.1) is 16.4 Å². The Morgan fingerprint density at radius 2 is 1.88 bits per heavy atom. The third-order valence-electron chi connectivity index (χ3n) is 5.19. The molecule has 5 rings (SSSR count). The number of amides is 1. The summed E-state index contributed by atoms with van der Waals surface area (Å²) in [6, 6.07) is 10.3. The molecule has 10 heteroatoms. The first-order valence-corrected chi connectivity index (χ1v) is 11.9. The number of benzene rings is 1. The highest BCUT2D eigenvalue weighted by molar-refractivity contribution is 8.26. The van der Waals surface area contributed by atoms with E-state index in [2.05, 4.69) is 15.0 Å². The number of rotatable bonds is 3. The van der Waals surface area contributed by atoms with Crippen LogP contribution >= 0.6 is 23.1 Å². The van der Waals surface area contributed by atoms with Gasteiger partial charge in [0.1, 0.15) is 10.6 Å². The van der Waals surface area contributed by atoms with Crippen LogP contribution in [-0.4, -0.2) is 51.0 Å². The molecular formula is C22H19N5O3S2. The second kappa shape index (κ2) is 8.71. The summed E-state index contributed by atoms with van der Waals surface area (Å²) in [4.78, 5) is 31.5. The van der Waals surface area contributed by atoms with Crippen molar-refractivity contribution in [1.29, 1.82) is 5.41 Å². The number of thiophene rings is 1. The van der Waals surface area contributed by atoms with E-state index in [0.29, 0.717) is 21.4 Å². The zero-order chi connectivity index (χ0) is 22.1. The Morgan fingerprint density at radius 1 is 1.09 bits per heavy atom. The van der Waals surface area contributed by atoms with Crippen LogP contribution in [0.1, 0.15) is 34.5 Å². The molecule has 1 aromatic carbocycles. The second-order valence-electron chi connectivity index (χ2n) is 7.39. The first-order chi connectivity index (χ1) is 15.6. The smallest absolute Gasteiger partial charge is 0.353 e. The number of hydrazone groups is 1. The summed E-state index contributed by atoms with van der Waals surface area (Å²) in [5.41, 5.74) is 0.862. The van der Waals surface area contributed by atoms with Gasteiger partial charge in [-0.1, -0.05) is 18.2 Å². The molecule has 1 saturated heterocycles. The minimum Gasteiger partial charge on any atom is -0.422 e. The van der Waals surface area contributed by atoms with Gasteiger partial charge in [0.15, 0.2) is 11.0 Å². The average molecular weight is 466 g/mol. The van der Waals surface area contributed by atoms with E-state index in [9.17, 15) is 9.59 Å². The van der Waals surface area contributed by atoms with E-state index in [0.717, 1.165) is 31.1 Å². The third kappa shape index (κ3) is 4.11. The number of amidine groups is 3. The first kappa shape index (κ1) is 20.7. The maximum absolute atomic E-state index is 12.6. The van der Waals surface area contributed by atoms with Crippen LogP contribution in [0.5, 0.6) is 5.75 Å². The van der Waals surface area contributed by atoms with Crippen molar-refractivity contribution in [2.75, 3.05) is 13.1 Å². The van der Waals surface area contributed by atoms with Gasteiger partial charge in [-0.2, -0.15) is 10.0 Å². The molecule has 0 saturated carbocycles. The fourth-order valence-electron chi connectivity index (χ4n) is 3.55. The average Bonchev–Trinajstić information content (AvgIpc) is 3.49. The fourth-order valence-corrected chi connectivity index (χ4v) is 5.09. The molecule has 0 aliphatic carbocycles. The molecule has 3 aliphatic heterocycles. The summed E-state index contributed by atoms with van der Waals surface area (Å²) in [6.45, 7) is 1.86. The molecule has 0 unspecified atom stereocenters. The van der Waals surface area contributed by atoms with Crippen molar-refractivity contribution in [3.8, 4) is 5.75 Å². The molecule has 0 radical (unpaired) electrons. The Kier molecular flexibility index (Phi) is 5.62. The number of hydrogen-bond donors (Lipinski definition) is 1. The van der Waals surface area contributed by atoms with Crippen LogP contribution in [0.2, 0.25) is 0 Å². The number of nitrogens with zero attached hydrogens (tertiary/aromatic N) is 4. The highest BCUT2D eigenvalue weighted by atomic mass is 32.2. The quantitative estimate of drug-likeness (QED) is 0.418. The summed E-state index contributed by atoms with van der Waals surface area (Å²) in [6.07, 6.45) is 5.06. The minimum atomic E-state index is -0.461. The lowest BCUT2D eigenvalue weighted by Crippen LogP contribution is -2.35. The van der Waals surface area contributed by atoms with Gasteiger partial charge >= 0.3 is 5.97 Å². The molecule has 0 atom stereocenters. The van der Waals surface area contributed by atoms with E-state index in [-0.39, 0.29) is 11.4 Å². The summed E-state index contributed by atoms with van der Waals surface area (Å²) >= 11 is 2.66. The van der Waals surface area contributed by atoms with Crippen molar-refractivity contribution in [1.82, 2.24) is 9.91 Å². The SMILES string of the molecule is N=C1/C(=C\c2ccc(OC(=O)c3cccs3)cc2)C(=O)N=C2SC(N3CCCCC3)=NN12. The number of carbonyl (C=O) groups is 2. The number of nitrogens with one attached hydrogen (secondary N) is 1. The number of fused-ring (bicyclic) bond motifs is 1. The second-order valence-corrected chi connectivity index (χ2v) is 9.27. The summed E-state index contributed by atoms with van der Waals surface area (Å²) < 4.78 is 5.36. The van der Waals surface area contributed by atoms with Crippen LogP contribution in [0, 0.1) is 5.41 Å². The van der Waals surface area contributed by atoms with Gasteiger partial charge < -0.3 is 9.64 Å². The Labute approximate surface area is 192 Å². The molecule has 0 spiro atoms. The van der Waals surface area contributed by atoms with Crippen LogP contribution in [0.25, 0.3) is 6.08 Å². The predicted molar refractivity (Wildman–Crippen MR) is 126 cm³/mol. The maximum Gasteiger partial charge on any atom is 0.353 e. The van der Waals surface area contributed by atoms with E-state index in [4.69, 9.17) is 10.1 Å².